The van der Waals surface area contributed by atoms with Gasteiger partial charge in [0.15, 0.2) is 11.5 Å². The van der Waals surface area contributed by atoms with Gasteiger partial charge in [-0.2, -0.15) is 0 Å². The Hall–Kier alpha value is -3.20. The number of thiocarbonyl (C=S) groups is 1. The fourth-order valence-corrected chi connectivity index (χ4v) is 4.51. The molecule has 2 amide bonds. The molecule has 2 aliphatic heterocycles. The van der Waals surface area contributed by atoms with Gasteiger partial charge >= 0.3 is 0 Å². The number of anilines is 1. The van der Waals surface area contributed by atoms with Gasteiger partial charge in [0.25, 0.3) is 0 Å². The molecular formula is C25H30N4O4S. The van der Waals surface area contributed by atoms with E-state index in [1.54, 1.807) is 12.2 Å². The fourth-order valence-electron chi connectivity index (χ4n) is 4.22. The Balaban J connectivity index is 1.19. The molecule has 34 heavy (non-hydrogen) atoms. The first-order valence-corrected chi connectivity index (χ1v) is 12.1. The van der Waals surface area contributed by atoms with E-state index >= 15 is 0 Å². The zero-order chi connectivity index (χ0) is 24.1. The van der Waals surface area contributed by atoms with Gasteiger partial charge in [0.2, 0.25) is 23.7 Å². The number of fused-ring (bicyclic) bond motifs is 2. The zero-order valence-corrected chi connectivity index (χ0v) is 20.4. The van der Waals surface area contributed by atoms with E-state index in [0.29, 0.717) is 43.2 Å². The average molecular weight is 483 g/mol. The molecule has 1 fully saturated rings. The quantitative estimate of drug-likeness (QED) is 0.408. The minimum Gasteiger partial charge on any atom is -0.454 e. The molecule has 0 saturated carbocycles. The molecule has 0 radical (unpaired) electrons. The van der Waals surface area contributed by atoms with Gasteiger partial charge in [-0.3, -0.25) is 14.5 Å². The van der Waals surface area contributed by atoms with Crippen molar-refractivity contribution >= 4 is 40.5 Å². The first-order chi connectivity index (χ1) is 16.5. The van der Waals surface area contributed by atoms with Crippen LogP contribution in [0.25, 0.3) is 0 Å². The topological polar surface area (TPSA) is 83.5 Å². The van der Waals surface area contributed by atoms with Crippen LogP contribution in [0.15, 0.2) is 52.9 Å². The Kier molecular flexibility index (Phi) is 7.62. The van der Waals surface area contributed by atoms with Crippen molar-refractivity contribution < 1.29 is 19.1 Å². The van der Waals surface area contributed by atoms with Crippen LogP contribution in [0.1, 0.15) is 31.7 Å². The molecule has 180 valence electrons. The summed E-state index contributed by atoms with van der Waals surface area (Å²) in [6.45, 7) is 7.11. The number of nitrogens with one attached hydrogen (secondary N) is 1. The van der Waals surface area contributed by atoms with Crippen molar-refractivity contribution in [3.05, 3.63) is 53.5 Å². The van der Waals surface area contributed by atoms with Gasteiger partial charge in [0.1, 0.15) is 5.92 Å². The Morgan fingerprint density at radius 3 is 2.91 bits per heavy atom. The number of aryl methyl sites for hydroxylation is 1. The highest BCUT2D eigenvalue weighted by molar-refractivity contribution is 7.80. The summed E-state index contributed by atoms with van der Waals surface area (Å²) in [5.41, 5.74) is 3.01. The van der Waals surface area contributed by atoms with Gasteiger partial charge in [-0.25, -0.2) is 4.99 Å². The van der Waals surface area contributed by atoms with Crippen LogP contribution in [0.5, 0.6) is 0 Å². The molecule has 1 atom stereocenters. The van der Waals surface area contributed by atoms with E-state index in [4.69, 9.17) is 21.7 Å². The van der Waals surface area contributed by atoms with Gasteiger partial charge in [0.05, 0.1) is 5.71 Å². The highest BCUT2D eigenvalue weighted by atomic mass is 32.1. The van der Waals surface area contributed by atoms with Crippen molar-refractivity contribution in [3.8, 4) is 0 Å². The van der Waals surface area contributed by atoms with Crippen LogP contribution in [0.2, 0.25) is 0 Å². The van der Waals surface area contributed by atoms with E-state index in [9.17, 15) is 9.59 Å². The predicted molar refractivity (Wildman–Crippen MR) is 134 cm³/mol. The number of carbonyl (C=O) groups excluding carboxylic acids is 2. The highest BCUT2D eigenvalue weighted by Gasteiger charge is 2.38. The van der Waals surface area contributed by atoms with Crippen molar-refractivity contribution in [2.45, 2.75) is 33.1 Å². The van der Waals surface area contributed by atoms with Crippen molar-refractivity contribution in [1.29, 1.82) is 0 Å². The number of hydrogen-bond acceptors (Lipinski definition) is 6. The largest absolute Gasteiger partial charge is 0.454 e. The Morgan fingerprint density at radius 2 is 2.12 bits per heavy atom. The van der Waals surface area contributed by atoms with Gasteiger partial charge in [0, 0.05) is 44.4 Å². The standard InChI is InChI=1S/C25H30N4O4S/c1-3-28(18-8-4-7-17(2)13-18)11-6-10-26-23(30)9-5-12-29-24(31)19-14-21-22(33-16-32-21)15-20(19)27-25(29)34/h4,7-8,13-15,19H,3,5-6,9-12,16H2,1-2H3,(H,26,30). The number of amides is 2. The van der Waals surface area contributed by atoms with Gasteiger partial charge < -0.3 is 19.7 Å². The third kappa shape index (κ3) is 5.47. The van der Waals surface area contributed by atoms with Crippen molar-refractivity contribution in [1.82, 2.24) is 10.2 Å². The summed E-state index contributed by atoms with van der Waals surface area (Å²) in [5, 5.41) is 3.20. The number of ether oxygens (including phenoxy) is 2. The SMILES string of the molecule is CCN(CCCNC(=O)CCCN1C(=O)C2C=C3OCOC3=CC2=NC1=S)c1cccc(C)c1. The van der Waals surface area contributed by atoms with Crippen molar-refractivity contribution in [2.75, 3.05) is 37.9 Å². The third-order valence-electron chi connectivity index (χ3n) is 6.04. The smallest absolute Gasteiger partial charge is 0.241 e. The molecule has 1 unspecified atom stereocenters. The summed E-state index contributed by atoms with van der Waals surface area (Å²) in [6.07, 6.45) is 5.13. The predicted octanol–water partition coefficient (Wildman–Crippen LogP) is 3.08. The van der Waals surface area contributed by atoms with Crippen LogP contribution in [-0.4, -0.2) is 60.5 Å². The van der Waals surface area contributed by atoms with Crippen LogP contribution in [0.3, 0.4) is 0 Å². The molecule has 8 nitrogen and oxygen atoms in total. The first-order valence-electron chi connectivity index (χ1n) is 11.7. The summed E-state index contributed by atoms with van der Waals surface area (Å²) in [7, 11) is 0. The molecule has 1 N–H and O–H groups in total. The minimum absolute atomic E-state index is 0.0259. The molecule has 0 bridgehead atoms. The summed E-state index contributed by atoms with van der Waals surface area (Å²) in [4.78, 5) is 33.4. The van der Waals surface area contributed by atoms with Crippen LogP contribution in [0.4, 0.5) is 5.69 Å². The number of benzene rings is 1. The first kappa shape index (κ1) is 23.9. The lowest BCUT2D eigenvalue weighted by Crippen LogP contribution is -2.46. The molecular weight excluding hydrogens is 452 g/mol. The van der Waals surface area contributed by atoms with E-state index < -0.39 is 5.92 Å². The van der Waals surface area contributed by atoms with E-state index in [-0.39, 0.29) is 23.7 Å². The fraction of sp³-hybridized carbons (Fsp3) is 0.440. The van der Waals surface area contributed by atoms with E-state index in [0.717, 1.165) is 19.5 Å². The minimum atomic E-state index is -0.532. The molecule has 3 aliphatic rings. The van der Waals surface area contributed by atoms with Crippen LogP contribution >= 0.6 is 12.2 Å². The number of carbonyl (C=O) groups is 2. The van der Waals surface area contributed by atoms with E-state index in [1.165, 1.54) is 16.2 Å². The van der Waals surface area contributed by atoms with Crippen molar-refractivity contribution in [3.63, 3.8) is 0 Å². The van der Waals surface area contributed by atoms with Gasteiger partial charge in [-0.1, -0.05) is 12.1 Å². The number of aliphatic imine (C=N–C) groups is 1. The van der Waals surface area contributed by atoms with E-state index in [2.05, 4.69) is 53.3 Å². The molecule has 4 rings (SSSR count). The van der Waals surface area contributed by atoms with Gasteiger partial charge in [-0.05, 0) is 62.7 Å². The summed E-state index contributed by atoms with van der Waals surface area (Å²) >= 11 is 5.33. The normalized spacial score (nSPS) is 18.7. The lowest BCUT2D eigenvalue weighted by Gasteiger charge is -2.30. The lowest BCUT2D eigenvalue weighted by molar-refractivity contribution is -0.129. The van der Waals surface area contributed by atoms with Crippen LogP contribution in [0, 0.1) is 12.8 Å². The third-order valence-corrected chi connectivity index (χ3v) is 6.35. The number of nitrogens with zero attached hydrogens (tertiary/aromatic N) is 3. The van der Waals surface area contributed by atoms with Crippen LogP contribution < -0.4 is 10.2 Å². The maximum Gasteiger partial charge on any atom is 0.241 e. The molecule has 0 aromatic heterocycles. The molecule has 0 spiro atoms. The second-order valence-electron chi connectivity index (χ2n) is 8.46. The molecule has 1 aliphatic carbocycles. The van der Waals surface area contributed by atoms with Crippen LogP contribution in [-0.2, 0) is 19.1 Å². The van der Waals surface area contributed by atoms with E-state index in [1.807, 2.05) is 0 Å². The second-order valence-corrected chi connectivity index (χ2v) is 8.82. The second kappa shape index (κ2) is 10.8. The highest BCUT2D eigenvalue weighted by Crippen LogP contribution is 2.31. The lowest BCUT2D eigenvalue weighted by atomic mass is 9.94. The number of allylic oxidation sites excluding steroid dienone is 1. The molecule has 1 saturated heterocycles. The summed E-state index contributed by atoms with van der Waals surface area (Å²) in [5.74, 6) is 0.438. The zero-order valence-electron chi connectivity index (χ0n) is 19.6. The summed E-state index contributed by atoms with van der Waals surface area (Å²) in [6, 6.07) is 8.44. The number of rotatable bonds is 10. The molecule has 9 heteroatoms. The van der Waals surface area contributed by atoms with Gasteiger partial charge in [-0.15, -0.1) is 0 Å². The molecule has 2 heterocycles. The summed E-state index contributed by atoms with van der Waals surface area (Å²) < 4.78 is 10.7. The Morgan fingerprint density at radius 1 is 1.29 bits per heavy atom. The molecule has 1 aromatic rings. The molecule has 1 aromatic carbocycles. The number of hydrogen-bond donors (Lipinski definition) is 1. The van der Waals surface area contributed by atoms with Crippen molar-refractivity contribution in [2.24, 2.45) is 10.9 Å². The maximum absolute atomic E-state index is 13.0. The monoisotopic (exact) mass is 482 g/mol. The Labute approximate surface area is 205 Å². The maximum atomic E-state index is 13.0. The average Bonchev–Trinajstić information content (AvgIpc) is 3.27. The Bertz CT molecular complexity index is 1060.